The highest BCUT2D eigenvalue weighted by Gasteiger charge is 2.35. The first-order chi connectivity index (χ1) is 43.2. The number of amides is 1. The number of hydroxylamine groups is 1. The van der Waals surface area contributed by atoms with Crippen LogP contribution in [0.2, 0.25) is 0 Å². The fourth-order valence-electron chi connectivity index (χ4n) is 10.8. The van der Waals surface area contributed by atoms with Gasteiger partial charge in [0.2, 0.25) is 0 Å². The molecule has 5 fully saturated rings. The molecular formula is C66H81F2N13O9. The van der Waals surface area contributed by atoms with Crippen molar-refractivity contribution < 1.29 is 51.7 Å². The van der Waals surface area contributed by atoms with E-state index in [2.05, 4.69) is 45.8 Å². The second kappa shape index (κ2) is 29.8. The van der Waals surface area contributed by atoms with Crippen LogP contribution in [-0.4, -0.2) is 121 Å². The number of hydrazine groups is 1. The van der Waals surface area contributed by atoms with E-state index in [4.69, 9.17) is 35.6 Å². The number of rotatable bonds is 19. The molecule has 12 rings (SSSR count). The number of nitrogens with zero attached hydrogens (tertiary/aromatic N) is 10. The van der Waals surface area contributed by atoms with Gasteiger partial charge in [-0.05, 0) is 190 Å². The van der Waals surface area contributed by atoms with E-state index < -0.39 is 23.6 Å². The van der Waals surface area contributed by atoms with Crippen LogP contribution in [0.5, 0.6) is 0 Å². The number of ether oxygens (including phenoxy) is 4. The molecule has 1 amide bonds. The summed E-state index contributed by atoms with van der Waals surface area (Å²) in [5.41, 5.74) is 12.1. The molecule has 24 heteroatoms. The Labute approximate surface area is 523 Å². The predicted molar refractivity (Wildman–Crippen MR) is 333 cm³/mol. The minimum absolute atomic E-state index is 0.0468. The van der Waals surface area contributed by atoms with Crippen molar-refractivity contribution in [3.8, 4) is 0 Å². The highest BCUT2D eigenvalue weighted by atomic mass is 19.1. The molecule has 7 heterocycles. The number of hydrogen-bond donors (Lipinski definition) is 3. The molecule has 2 aliphatic carbocycles. The molecule has 1 unspecified atom stereocenters. The fourth-order valence-corrected chi connectivity index (χ4v) is 10.8. The molecule has 7 aromatic rings. The Morgan fingerprint density at radius 3 is 1.69 bits per heavy atom. The van der Waals surface area contributed by atoms with Crippen LogP contribution in [0.25, 0.3) is 16.1 Å². The number of aromatic nitrogens is 6. The van der Waals surface area contributed by atoms with Gasteiger partial charge in [-0.3, -0.25) is 15.1 Å². The molecule has 3 aliphatic heterocycles. The van der Waals surface area contributed by atoms with Gasteiger partial charge < -0.3 is 34.1 Å². The molecule has 3 atom stereocenters. The van der Waals surface area contributed by atoms with Crippen molar-refractivity contribution in [2.45, 2.75) is 161 Å². The first-order valence-corrected chi connectivity index (χ1v) is 30.9. The van der Waals surface area contributed by atoms with Crippen LogP contribution in [0.15, 0.2) is 97.6 Å². The maximum absolute atomic E-state index is 14.6. The first-order valence-electron chi connectivity index (χ1n) is 30.9. The van der Waals surface area contributed by atoms with E-state index in [-0.39, 0.29) is 48.2 Å². The Morgan fingerprint density at radius 1 is 0.733 bits per heavy atom. The lowest BCUT2D eigenvalue weighted by Gasteiger charge is -2.29. The summed E-state index contributed by atoms with van der Waals surface area (Å²) in [5, 5.41) is 14.0. The van der Waals surface area contributed by atoms with Gasteiger partial charge in [-0.2, -0.15) is 15.7 Å². The highest BCUT2D eigenvalue weighted by molar-refractivity contribution is 5.96. The smallest absolute Gasteiger partial charge is 0.422 e. The van der Waals surface area contributed by atoms with Gasteiger partial charge >= 0.3 is 18.0 Å². The third-order valence-corrected chi connectivity index (χ3v) is 15.3. The van der Waals surface area contributed by atoms with E-state index in [0.717, 1.165) is 92.7 Å². The van der Waals surface area contributed by atoms with Gasteiger partial charge in [-0.15, -0.1) is 0 Å². The third-order valence-electron chi connectivity index (χ3n) is 15.3. The molecule has 0 bridgehead atoms. The molecule has 2 saturated carbocycles. The second-order valence-corrected chi connectivity index (χ2v) is 24.5. The molecule has 4 aromatic heterocycles. The summed E-state index contributed by atoms with van der Waals surface area (Å²) in [6, 6.07) is 22.1. The molecule has 5 aliphatic rings. The number of halogens is 2. The summed E-state index contributed by atoms with van der Waals surface area (Å²) in [6.07, 6.45) is 15.9. The maximum atomic E-state index is 14.6. The summed E-state index contributed by atoms with van der Waals surface area (Å²) in [7, 11) is 0. The Kier molecular flexibility index (Phi) is 21.8. The normalized spacial score (nSPS) is 17.7. The van der Waals surface area contributed by atoms with Crippen LogP contribution in [0.1, 0.15) is 174 Å². The summed E-state index contributed by atoms with van der Waals surface area (Å²) in [5.74, 6) is 0.0585. The Hall–Kier alpha value is -8.63. The molecule has 22 nitrogen and oxygen atoms in total. The fraction of sp³-hybridized carbons (Fsp3) is 0.470. The number of benzene rings is 3. The van der Waals surface area contributed by atoms with Gasteiger partial charge in [0.25, 0.3) is 6.47 Å². The van der Waals surface area contributed by atoms with Crippen molar-refractivity contribution in [1.29, 1.82) is 0 Å². The lowest BCUT2D eigenvalue weighted by molar-refractivity contribution is -0.138. The van der Waals surface area contributed by atoms with Crippen LogP contribution in [0, 0.1) is 18.2 Å². The zero-order valence-corrected chi connectivity index (χ0v) is 52.4. The summed E-state index contributed by atoms with van der Waals surface area (Å²) < 4.78 is 52.3. The molecule has 90 heavy (non-hydrogen) atoms. The van der Waals surface area contributed by atoms with Crippen molar-refractivity contribution in [3.05, 3.63) is 160 Å². The average molecular weight is 1240 g/mol. The van der Waals surface area contributed by atoms with E-state index >= 15 is 0 Å². The summed E-state index contributed by atoms with van der Waals surface area (Å²) in [4.78, 5) is 68.8. The number of nitrogens with one attached hydrogen (secondary N) is 3. The SMILES string of the molecule is CC(C)(C)OC=O.CCOC(=O)c1cnn2ccc(N3CCC[C@@H]3c3cc(F)ccc3CCN(NC(=O)OC(C)(C)C)C3CC3)nc12.CCOC(=O)c1cnn2ccc(N3CCC[C@@H]3c3cc(F)ccc3CCNC3CC3)nc12.[C-]#[N+]c1ccc(C2NO2)cc1. The molecule has 3 N–H and O–H groups in total. The highest BCUT2D eigenvalue weighted by Crippen LogP contribution is 2.40. The predicted octanol–water partition coefficient (Wildman–Crippen LogP) is 11.2. The standard InChI is InChI=1S/C29H37FN6O4.C24H28FN5O2.C8H6N2O.C5H10O2/c1-5-39-27(37)23-18-31-36-16-13-25(32-26(23)36)34-14-6-7-24(34)22-17-20(30)9-8-19(22)12-15-35(21-10-11-21)33-28(38)40-29(2,3)4;1-2-32-24(31)20-15-27-30-13-10-22(28-23(20)30)29-12-3-4-21(29)19-14-17(25)6-5-16(19)9-11-26-18-7-8-18;1-9-7-4-2-6(3-5-7)8-10-11-8;1-5(2,3)7-4-6/h8-9,13,16-18,21,24H,5-7,10-12,14-15H2,1-4H3,(H,33,38);5-6,10,13-15,18,21,26H,2-4,7-9,11-12H2,1H3;2-5,8,10H;4H,1-3H3/t24-;21-;;/m11../s1. The average Bonchev–Trinajstić information content (AvgIpc) is 1.92. The zero-order valence-electron chi connectivity index (χ0n) is 52.4. The van der Waals surface area contributed by atoms with E-state index in [1.807, 2.05) is 89.1 Å². The van der Waals surface area contributed by atoms with E-state index in [9.17, 15) is 28.0 Å². The van der Waals surface area contributed by atoms with Crippen molar-refractivity contribution in [1.82, 2.24) is 50.4 Å². The number of carbonyl (C=O) groups is 4. The van der Waals surface area contributed by atoms with E-state index in [1.165, 1.54) is 36.9 Å². The van der Waals surface area contributed by atoms with Crippen molar-refractivity contribution in [3.63, 3.8) is 0 Å². The maximum Gasteiger partial charge on any atom is 0.422 e. The van der Waals surface area contributed by atoms with Crippen LogP contribution in [-0.2, 0) is 41.4 Å². The first kappa shape index (κ1) is 65.8. The number of hydrogen-bond acceptors (Lipinski definition) is 18. The molecule has 3 saturated heterocycles. The number of carbonyl (C=O) groups excluding carboxylic acids is 4. The molecule has 0 spiro atoms. The zero-order chi connectivity index (χ0) is 64.1. The van der Waals surface area contributed by atoms with Gasteiger partial charge in [-0.1, -0.05) is 36.4 Å². The number of esters is 2. The lowest BCUT2D eigenvalue weighted by atomic mass is 9.96. The quantitative estimate of drug-likeness (QED) is 0.0170. The van der Waals surface area contributed by atoms with Gasteiger partial charge in [0.1, 0.15) is 45.6 Å². The summed E-state index contributed by atoms with van der Waals surface area (Å²) >= 11 is 0. The number of anilines is 2. The van der Waals surface area contributed by atoms with Gasteiger partial charge in [0.15, 0.2) is 23.2 Å². The minimum Gasteiger partial charge on any atom is -0.462 e. The monoisotopic (exact) mass is 1240 g/mol. The molecule has 3 aromatic carbocycles. The van der Waals surface area contributed by atoms with Gasteiger partial charge in [0, 0.05) is 44.1 Å². The van der Waals surface area contributed by atoms with Crippen molar-refractivity contribution in [2.75, 3.05) is 49.2 Å². The largest absolute Gasteiger partial charge is 0.462 e. The molecule has 0 radical (unpaired) electrons. The van der Waals surface area contributed by atoms with E-state index in [0.29, 0.717) is 66.0 Å². The van der Waals surface area contributed by atoms with Gasteiger partial charge in [-0.25, -0.2) is 52.0 Å². The summed E-state index contributed by atoms with van der Waals surface area (Å²) in [6.45, 7) is 25.3. The number of fused-ring (bicyclic) bond motifs is 2. The molecular weight excluding hydrogens is 1160 g/mol. The van der Waals surface area contributed by atoms with Gasteiger partial charge in [0.05, 0.1) is 44.3 Å². The van der Waals surface area contributed by atoms with Crippen LogP contribution in [0.4, 0.5) is 30.9 Å². The Morgan fingerprint density at radius 2 is 1.26 bits per heavy atom. The van der Waals surface area contributed by atoms with Crippen LogP contribution >= 0.6 is 0 Å². The lowest BCUT2D eigenvalue weighted by Crippen LogP contribution is -2.46. The third kappa shape index (κ3) is 18.0. The van der Waals surface area contributed by atoms with Crippen LogP contribution < -0.4 is 26.0 Å². The minimum atomic E-state index is -0.583. The Bertz CT molecular complexity index is 3640. The van der Waals surface area contributed by atoms with Crippen molar-refractivity contribution >= 4 is 53.1 Å². The van der Waals surface area contributed by atoms with E-state index in [1.54, 1.807) is 59.4 Å². The van der Waals surface area contributed by atoms with Crippen LogP contribution in [0.3, 0.4) is 0 Å². The Balaban J connectivity index is 0.000000169. The topological polar surface area (TPSA) is 238 Å². The molecule has 478 valence electrons. The van der Waals surface area contributed by atoms with Crippen molar-refractivity contribution in [2.24, 2.45) is 0 Å². The second-order valence-electron chi connectivity index (χ2n) is 24.5.